The third kappa shape index (κ3) is 4.67. The number of hydrogen-bond donors (Lipinski definition) is 0. The summed E-state index contributed by atoms with van der Waals surface area (Å²) in [6.07, 6.45) is -2.35. The molecule has 0 N–H and O–H groups in total. The zero-order chi connectivity index (χ0) is 16.2. The molecule has 0 radical (unpaired) electrons. The van der Waals surface area contributed by atoms with Crippen LogP contribution in [0.1, 0.15) is 29.9 Å². The Morgan fingerprint density at radius 1 is 1.18 bits per heavy atom. The van der Waals surface area contributed by atoms with Gasteiger partial charge in [-0.2, -0.15) is 24.9 Å². The van der Waals surface area contributed by atoms with Crippen LogP contribution in [0.2, 0.25) is 0 Å². The van der Waals surface area contributed by atoms with Crippen molar-refractivity contribution < 1.29 is 17.6 Å². The molecule has 0 aliphatic heterocycles. The van der Waals surface area contributed by atoms with Crippen molar-refractivity contribution >= 4 is 23.5 Å². The number of alkyl halides is 3. The second kappa shape index (κ2) is 7.41. The average Bonchev–Trinajstić information content (AvgIpc) is 2.92. The molecule has 22 heavy (non-hydrogen) atoms. The van der Waals surface area contributed by atoms with Gasteiger partial charge in [-0.15, -0.1) is 10.2 Å². The van der Waals surface area contributed by atoms with Crippen LogP contribution in [-0.4, -0.2) is 22.2 Å². The lowest BCUT2D eigenvalue weighted by atomic mass is 10.0. The van der Waals surface area contributed by atoms with Gasteiger partial charge in [0.2, 0.25) is 5.89 Å². The van der Waals surface area contributed by atoms with E-state index in [9.17, 15) is 13.2 Å². The molecule has 2 aromatic rings. The van der Waals surface area contributed by atoms with E-state index >= 15 is 0 Å². The van der Waals surface area contributed by atoms with Crippen molar-refractivity contribution in [2.24, 2.45) is 0 Å². The molecule has 1 heterocycles. The van der Waals surface area contributed by atoms with Gasteiger partial charge in [0.25, 0.3) is 5.22 Å². The molecule has 120 valence electrons. The third-order valence-corrected chi connectivity index (χ3v) is 4.59. The molecule has 2 rings (SSSR count). The van der Waals surface area contributed by atoms with E-state index in [4.69, 9.17) is 4.42 Å². The summed E-state index contributed by atoms with van der Waals surface area (Å²) in [4.78, 5) is 0. The van der Waals surface area contributed by atoms with Crippen LogP contribution in [0.4, 0.5) is 13.2 Å². The summed E-state index contributed by atoms with van der Waals surface area (Å²) in [6.45, 7) is 1.95. The summed E-state index contributed by atoms with van der Waals surface area (Å²) in [7, 11) is 0. The van der Waals surface area contributed by atoms with Crippen LogP contribution in [0.3, 0.4) is 0 Å². The number of thioether (sulfide) groups is 2. The van der Waals surface area contributed by atoms with Crippen LogP contribution in [0.25, 0.3) is 0 Å². The first-order chi connectivity index (χ1) is 10.4. The fourth-order valence-corrected chi connectivity index (χ4v) is 2.97. The minimum absolute atomic E-state index is 0.0863. The first kappa shape index (κ1) is 17.2. The summed E-state index contributed by atoms with van der Waals surface area (Å²) in [5.74, 6) is 1.99. The molecule has 1 aromatic carbocycles. The summed E-state index contributed by atoms with van der Waals surface area (Å²) >= 11 is 3.00. The van der Waals surface area contributed by atoms with Crippen molar-refractivity contribution in [3.8, 4) is 0 Å². The van der Waals surface area contributed by atoms with Crippen LogP contribution in [0, 0.1) is 0 Å². The molecule has 8 heteroatoms. The largest absolute Gasteiger partial charge is 0.416 e. The van der Waals surface area contributed by atoms with E-state index in [1.54, 1.807) is 11.8 Å². The maximum Gasteiger partial charge on any atom is 0.416 e. The summed E-state index contributed by atoms with van der Waals surface area (Å²) in [5.41, 5.74) is 0.221. The molecule has 0 spiro atoms. The Morgan fingerprint density at radius 3 is 2.45 bits per heavy atom. The fraction of sp³-hybridized carbons (Fsp3) is 0.429. The first-order valence-corrected chi connectivity index (χ1v) is 8.89. The Bertz CT molecular complexity index is 599. The minimum atomic E-state index is -4.30. The fourth-order valence-electron chi connectivity index (χ4n) is 1.77. The van der Waals surface area contributed by atoms with E-state index in [0.29, 0.717) is 22.6 Å². The lowest BCUT2D eigenvalue weighted by Gasteiger charge is -2.12. The Morgan fingerprint density at radius 2 is 1.86 bits per heavy atom. The smallest absolute Gasteiger partial charge is 0.415 e. The number of hydrogen-bond acceptors (Lipinski definition) is 5. The third-order valence-electron chi connectivity index (χ3n) is 2.98. The molecule has 0 bridgehead atoms. The van der Waals surface area contributed by atoms with Crippen molar-refractivity contribution in [2.75, 3.05) is 12.0 Å². The van der Waals surface area contributed by atoms with Crippen molar-refractivity contribution in [1.82, 2.24) is 10.2 Å². The molecule has 0 unspecified atom stereocenters. The predicted octanol–water partition coefficient (Wildman–Crippen LogP) is 4.85. The van der Waals surface area contributed by atoms with Gasteiger partial charge in [0.1, 0.15) is 0 Å². The molecule has 1 atom stereocenters. The van der Waals surface area contributed by atoms with Gasteiger partial charge < -0.3 is 4.42 Å². The minimum Gasteiger partial charge on any atom is -0.415 e. The van der Waals surface area contributed by atoms with E-state index in [0.717, 1.165) is 17.7 Å². The molecular weight excluding hydrogens is 333 g/mol. The monoisotopic (exact) mass is 348 g/mol. The molecule has 3 nitrogen and oxygen atoms in total. The summed E-state index contributed by atoms with van der Waals surface area (Å²) < 4.78 is 43.0. The van der Waals surface area contributed by atoms with Gasteiger partial charge in [0.05, 0.1) is 11.3 Å². The molecule has 0 saturated heterocycles. The topological polar surface area (TPSA) is 38.9 Å². The quantitative estimate of drug-likeness (QED) is 0.698. The first-order valence-electron chi connectivity index (χ1n) is 6.51. The van der Waals surface area contributed by atoms with Gasteiger partial charge in [-0.05, 0) is 29.9 Å². The van der Waals surface area contributed by atoms with Crippen molar-refractivity contribution in [2.45, 2.75) is 30.0 Å². The van der Waals surface area contributed by atoms with Gasteiger partial charge in [-0.1, -0.05) is 30.8 Å². The number of nitrogens with zero attached hydrogens (tertiary/aromatic N) is 2. The number of benzene rings is 1. The van der Waals surface area contributed by atoms with E-state index in [2.05, 4.69) is 10.2 Å². The Hall–Kier alpha value is -1.15. The lowest BCUT2D eigenvalue weighted by Crippen LogP contribution is -2.05. The molecular formula is C14H15F3N2OS2. The Labute approximate surface area is 135 Å². The molecule has 0 aliphatic rings. The van der Waals surface area contributed by atoms with Crippen molar-refractivity contribution in [3.63, 3.8) is 0 Å². The van der Waals surface area contributed by atoms with Crippen LogP contribution in [0.5, 0.6) is 0 Å². The van der Waals surface area contributed by atoms with Gasteiger partial charge in [-0.3, -0.25) is 0 Å². The maximum absolute atomic E-state index is 12.5. The number of halogens is 3. The second-order valence-electron chi connectivity index (χ2n) is 4.73. The van der Waals surface area contributed by atoms with E-state index in [1.165, 1.54) is 23.9 Å². The van der Waals surface area contributed by atoms with E-state index in [-0.39, 0.29) is 5.92 Å². The van der Waals surface area contributed by atoms with Gasteiger partial charge in [-0.25, -0.2) is 0 Å². The van der Waals surface area contributed by atoms with Gasteiger partial charge in [0.15, 0.2) is 0 Å². The van der Waals surface area contributed by atoms with Crippen LogP contribution < -0.4 is 0 Å². The molecule has 0 amide bonds. The zero-order valence-electron chi connectivity index (χ0n) is 12.1. The number of aromatic nitrogens is 2. The van der Waals surface area contributed by atoms with Gasteiger partial charge >= 0.3 is 6.18 Å². The highest BCUT2D eigenvalue weighted by atomic mass is 32.2. The van der Waals surface area contributed by atoms with Crippen LogP contribution in [-0.2, 0) is 11.9 Å². The van der Waals surface area contributed by atoms with Crippen LogP contribution >= 0.6 is 23.5 Å². The van der Waals surface area contributed by atoms with Crippen molar-refractivity contribution in [3.05, 3.63) is 41.3 Å². The van der Waals surface area contributed by atoms with Crippen LogP contribution in [0.15, 0.2) is 33.9 Å². The summed E-state index contributed by atoms with van der Waals surface area (Å²) in [5, 5.41) is 8.33. The highest BCUT2D eigenvalue weighted by Crippen LogP contribution is 2.31. The SMILES string of the molecule is CSCc1nnc(SC[C@H](C)c2ccc(C(F)(F)F)cc2)o1. The van der Waals surface area contributed by atoms with Crippen molar-refractivity contribution in [1.29, 1.82) is 0 Å². The Kier molecular flexibility index (Phi) is 5.80. The molecule has 0 saturated carbocycles. The molecule has 0 fully saturated rings. The lowest BCUT2D eigenvalue weighted by molar-refractivity contribution is -0.137. The summed E-state index contributed by atoms with van der Waals surface area (Å²) in [6, 6.07) is 5.25. The highest BCUT2D eigenvalue weighted by Gasteiger charge is 2.30. The standard InChI is InChI=1S/C14H15F3N2OS2/c1-9(7-22-13-19-18-12(20-13)8-21-2)10-3-5-11(6-4-10)14(15,16)17/h3-6,9H,7-8H2,1-2H3/t9-/m0/s1. The van der Waals surface area contributed by atoms with E-state index in [1.807, 2.05) is 13.2 Å². The normalized spacial score (nSPS) is 13.3. The Balaban J connectivity index is 1.92. The number of rotatable bonds is 6. The zero-order valence-corrected chi connectivity index (χ0v) is 13.7. The second-order valence-corrected chi connectivity index (χ2v) is 6.56. The highest BCUT2D eigenvalue weighted by molar-refractivity contribution is 7.99. The average molecular weight is 348 g/mol. The molecule has 0 aliphatic carbocycles. The van der Waals surface area contributed by atoms with E-state index < -0.39 is 11.7 Å². The maximum atomic E-state index is 12.5. The molecule has 1 aromatic heterocycles. The van der Waals surface area contributed by atoms with Gasteiger partial charge in [0, 0.05) is 5.75 Å². The predicted molar refractivity (Wildman–Crippen MR) is 82.1 cm³/mol.